The number of amides is 1. The molecule has 0 heterocycles. The summed E-state index contributed by atoms with van der Waals surface area (Å²) in [6.07, 6.45) is 5.38. The first-order valence-corrected chi connectivity index (χ1v) is 5.51. The van der Waals surface area contributed by atoms with E-state index in [9.17, 15) is 4.79 Å². The van der Waals surface area contributed by atoms with Crippen molar-refractivity contribution in [1.29, 1.82) is 0 Å². The summed E-state index contributed by atoms with van der Waals surface area (Å²) in [4.78, 5) is 10.7. The normalized spacial score (nSPS) is 11.6. The van der Waals surface area contributed by atoms with Gasteiger partial charge in [0.15, 0.2) is 0 Å². The number of primary amides is 1. The van der Waals surface area contributed by atoms with Crippen LogP contribution >= 0.6 is 0 Å². The van der Waals surface area contributed by atoms with Crippen LogP contribution in [0.5, 0.6) is 0 Å². The predicted molar refractivity (Wildman–Crippen MR) is 60.0 cm³/mol. The van der Waals surface area contributed by atoms with Crippen molar-refractivity contribution in [1.82, 2.24) is 5.32 Å². The van der Waals surface area contributed by atoms with Gasteiger partial charge in [-0.2, -0.15) is 0 Å². The Morgan fingerprint density at radius 2 is 1.93 bits per heavy atom. The molecule has 84 valence electrons. The maximum Gasteiger partial charge on any atom is 0.219 e. The average Bonchev–Trinajstić information content (AvgIpc) is 2.01. The molecule has 0 aliphatic heterocycles. The molecule has 0 aromatic carbocycles. The quantitative estimate of drug-likeness (QED) is 0.587. The third-order valence-corrected chi connectivity index (χ3v) is 2.25. The number of carbonyl (C=O) groups excluding carboxylic acids is 1. The molecule has 0 rings (SSSR count). The molecule has 0 aromatic heterocycles. The van der Waals surface area contributed by atoms with Gasteiger partial charge >= 0.3 is 0 Å². The Bertz CT molecular complexity index is 167. The fourth-order valence-corrected chi connectivity index (χ4v) is 1.48. The fraction of sp³-hybridized carbons (Fsp3) is 0.909. The predicted octanol–water partition coefficient (Wildman–Crippen LogP) is 1.81. The van der Waals surface area contributed by atoms with Crippen molar-refractivity contribution < 1.29 is 4.79 Å². The van der Waals surface area contributed by atoms with Gasteiger partial charge in [-0.05, 0) is 26.8 Å². The molecule has 0 aliphatic carbocycles. The van der Waals surface area contributed by atoms with Crippen LogP contribution in [0, 0.1) is 0 Å². The zero-order valence-corrected chi connectivity index (χ0v) is 9.73. The van der Waals surface area contributed by atoms with Crippen molar-refractivity contribution in [2.45, 2.75) is 58.4 Å². The highest BCUT2D eigenvalue weighted by Crippen LogP contribution is 2.07. The van der Waals surface area contributed by atoms with Crippen molar-refractivity contribution >= 4 is 5.91 Å². The van der Waals surface area contributed by atoms with E-state index in [1.54, 1.807) is 0 Å². The number of hydrogen-bond acceptors (Lipinski definition) is 2. The highest BCUT2D eigenvalue weighted by atomic mass is 16.1. The van der Waals surface area contributed by atoms with Crippen LogP contribution in [0.3, 0.4) is 0 Å². The topological polar surface area (TPSA) is 55.1 Å². The summed E-state index contributed by atoms with van der Waals surface area (Å²) in [6, 6.07) is 0. The number of unbranched alkanes of at least 4 members (excludes halogenated alkanes) is 3. The first kappa shape index (κ1) is 13.4. The Balaban J connectivity index is 3.50. The van der Waals surface area contributed by atoms with Gasteiger partial charge in [0, 0.05) is 12.0 Å². The van der Waals surface area contributed by atoms with E-state index in [2.05, 4.69) is 12.2 Å². The summed E-state index contributed by atoms with van der Waals surface area (Å²) in [5, 5.41) is 3.35. The van der Waals surface area contributed by atoms with E-state index in [0.29, 0.717) is 6.42 Å². The van der Waals surface area contributed by atoms with Crippen molar-refractivity contribution in [2.75, 3.05) is 6.54 Å². The molecule has 0 bridgehead atoms. The molecule has 0 saturated carbocycles. The van der Waals surface area contributed by atoms with Gasteiger partial charge in [0.1, 0.15) is 0 Å². The first-order chi connectivity index (χ1) is 6.48. The van der Waals surface area contributed by atoms with Gasteiger partial charge in [0.25, 0.3) is 0 Å². The Labute approximate surface area is 87.4 Å². The molecule has 14 heavy (non-hydrogen) atoms. The SMILES string of the molecule is CCCCCCNC(C)(C)CC(N)=O. The molecule has 0 aliphatic rings. The second-order valence-electron chi connectivity index (χ2n) is 4.51. The lowest BCUT2D eigenvalue weighted by Gasteiger charge is -2.24. The number of rotatable bonds is 8. The minimum atomic E-state index is -0.240. The van der Waals surface area contributed by atoms with Crippen molar-refractivity contribution in [3.63, 3.8) is 0 Å². The third kappa shape index (κ3) is 8.05. The van der Waals surface area contributed by atoms with Crippen molar-refractivity contribution in [3.8, 4) is 0 Å². The smallest absolute Gasteiger partial charge is 0.219 e. The molecule has 0 spiro atoms. The second kappa shape index (κ2) is 6.82. The Hall–Kier alpha value is -0.570. The largest absolute Gasteiger partial charge is 0.370 e. The van der Waals surface area contributed by atoms with Crippen molar-refractivity contribution in [3.05, 3.63) is 0 Å². The van der Waals surface area contributed by atoms with Gasteiger partial charge in [-0.3, -0.25) is 4.79 Å². The van der Waals surface area contributed by atoms with Crippen LogP contribution in [0.15, 0.2) is 0 Å². The zero-order valence-electron chi connectivity index (χ0n) is 9.73. The van der Waals surface area contributed by atoms with Gasteiger partial charge in [-0.15, -0.1) is 0 Å². The van der Waals surface area contributed by atoms with Crippen LogP contribution < -0.4 is 11.1 Å². The highest BCUT2D eigenvalue weighted by molar-refractivity contribution is 5.74. The van der Waals surface area contributed by atoms with Crippen molar-refractivity contribution in [2.24, 2.45) is 5.73 Å². The minimum Gasteiger partial charge on any atom is -0.370 e. The number of carbonyl (C=O) groups is 1. The average molecular weight is 200 g/mol. The maximum absolute atomic E-state index is 10.7. The molecule has 3 N–H and O–H groups in total. The lowest BCUT2D eigenvalue weighted by Crippen LogP contribution is -2.43. The molecule has 0 radical (unpaired) electrons. The van der Waals surface area contributed by atoms with E-state index in [-0.39, 0.29) is 11.4 Å². The number of hydrogen-bond donors (Lipinski definition) is 2. The van der Waals surface area contributed by atoms with Crippen LogP contribution in [-0.4, -0.2) is 18.0 Å². The summed E-state index contributed by atoms with van der Waals surface area (Å²) in [5.74, 6) is -0.240. The van der Waals surface area contributed by atoms with E-state index in [1.165, 1.54) is 25.7 Å². The Kier molecular flexibility index (Phi) is 6.54. The number of nitrogens with one attached hydrogen (secondary N) is 1. The third-order valence-electron chi connectivity index (χ3n) is 2.25. The lowest BCUT2D eigenvalue weighted by molar-refractivity contribution is -0.119. The van der Waals surface area contributed by atoms with Crippen LogP contribution in [-0.2, 0) is 4.79 Å². The lowest BCUT2D eigenvalue weighted by atomic mass is 10.00. The first-order valence-electron chi connectivity index (χ1n) is 5.51. The number of nitrogens with two attached hydrogens (primary N) is 1. The molecule has 0 fully saturated rings. The highest BCUT2D eigenvalue weighted by Gasteiger charge is 2.18. The summed E-state index contributed by atoms with van der Waals surface area (Å²) in [6.45, 7) is 7.19. The molecule has 1 amide bonds. The van der Waals surface area contributed by atoms with E-state index in [4.69, 9.17) is 5.73 Å². The second-order valence-corrected chi connectivity index (χ2v) is 4.51. The summed E-state index contributed by atoms with van der Waals surface area (Å²) < 4.78 is 0. The summed E-state index contributed by atoms with van der Waals surface area (Å²) in [5.41, 5.74) is 5.00. The molecular weight excluding hydrogens is 176 g/mol. The molecule has 0 atom stereocenters. The molecule has 3 nitrogen and oxygen atoms in total. The summed E-state index contributed by atoms with van der Waals surface area (Å²) in [7, 11) is 0. The van der Waals surface area contributed by atoms with E-state index >= 15 is 0 Å². The van der Waals surface area contributed by atoms with Gasteiger partial charge < -0.3 is 11.1 Å². The van der Waals surface area contributed by atoms with Gasteiger partial charge in [0.2, 0.25) is 5.91 Å². The molecule has 0 saturated heterocycles. The van der Waals surface area contributed by atoms with Crippen LogP contribution in [0.1, 0.15) is 52.9 Å². The molecule has 0 aromatic rings. The summed E-state index contributed by atoms with van der Waals surface area (Å²) >= 11 is 0. The van der Waals surface area contributed by atoms with Crippen LogP contribution in [0.4, 0.5) is 0 Å². The zero-order chi connectivity index (χ0) is 11.0. The molecule has 3 heteroatoms. The Morgan fingerprint density at radius 3 is 2.43 bits per heavy atom. The monoisotopic (exact) mass is 200 g/mol. The molecular formula is C11H24N2O. The maximum atomic E-state index is 10.7. The van der Waals surface area contributed by atoms with Gasteiger partial charge in [0.05, 0.1) is 0 Å². The van der Waals surface area contributed by atoms with Gasteiger partial charge in [-0.25, -0.2) is 0 Å². The van der Waals surface area contributed by atoms with Crippen LogP contribution in [0.2, 0.25) is 0 Å². The minimum absolute atomic E-state index is 0.155. The fourth-order valence-electron chi connectivity index (χ4n) is 1.48. The molecule has 0 unspecified atom stereocenters. The van der Waals surface area contributed by atoms with Gasteiger partial charge in [-0.1, -0.05) is 26.2 Å². The van der Waals surface area contributed by atoms with E-state index in [1.807, 2.05) is 13.8 Å². The Morgan fingerprint density at radius 1 is 1.29 bits per heavy atom. The standard InChI is InChI=1S/C11H24N2O/c1-4-5-6-7-8-13-11(2,3)9-10(12)14/h13H,4-9H2,1-3H3,(H2,12,14). The van der Waals surface area contributed by atoms with E-state index in [0.717, 1.165) is 6.54 Å². The van der Waals surface area contributed by atoms with Crippen LogP contribution in [0.25, 0.3) is 0 Å². The van der Waals surface area contributed by atoms with E-state index < -0.39 is 0 Å².